The Labute approximate surface area is 117 Å². The Kier molecular flexibility index (Phi) is 6.80. The maximum atomic E-state index is 6.00. The van der Waals surface area contributed by atoms with E-state index in [0.717, 1.165) is 18.8 Å². The van der Waals surface area contributed by atoms with Gasteiger partial charge in [0.2, 0.25) is 0 Å². The molecule has 0 radical (unpaired) electrons. The monoisotopic (exact) mass is 265 g/mol. The minimum atomic E-state index is 0.295. The first-order chi connectivity index (χ1) is 8.52. The third-order valence-corrected chi connectivity index (χ3v) is 4.42. The van der Waals surface area contributed by atoms with E-state index in [0.29, 0.717) is 6.04 Å². The number of hydrogen-bond donors (Lipinski definition) is 1. The van der Waals surface area contributed by atoms with Gasteiger partial charge in [-0.2, -0.15) is 0 Å². The van der Waals surface area contributed by atoms with Gasteiger partial charge in [-0.15, -0.1) is 11.8 Å². The molecule has 2 heteroatoms. The van der Waals surface area contributed by atoms with Gasteiger partial charge in [-0.25, -0.2) is 0 Å². The summed E-state index contributed by atoms with van der Waals surface area (Å²) in [6.07, 6.45) is 3.32. The van der Waals surface area contributed by atoms with Crippen molar-refractivity contribution in [1.82, 2.24) is 0 Å². The second-order valence-corrected chi connectivity index (χ2v) is 6.64. The summed E-state index contributed by atoms with van der Waals surface area (Å²) in [5.41, 5.74) is 8.76. The molecule has 1 rings (SSSR count). The average Bonchev–Trinajstić information content (AvgIpc) is 2.31. The van der Waals surface area contributed by atoms with Gasteiger partial charge in [0, 0.05) is 10.9 Å². The highest BCUT2D eigenvalue weighted by Gasteiger charge is 2.05. The van der Waals surface area contributed by atoms with Gasteiger partial charge >= 0.3 is 0 Å². The average molecular weight is 265 g/mol. The van der Waals surface area contributed by atoms with Crippen LogP contribution in [0.1, 0.15) is 44.7 Å². The second-order valence-electron chi connectivity index (χ2n) is 5.50. The summed E-state index contributed by atoms with van der Waals surface area (Å²) in [4.78, 5) is 1.42. The summed E-state index contributed by atoms with van der Waals surface area (Å²) in [6.45, 7) is 8.91. The van der Waals surface area contributed by atoms with Crippen molar-refractivity contribution < 1.29 is 0 Å². The van der Waals surface area contributed by atoms with Gasteiger partial charge in [0.15, 0.2) is 0 Å². The van der Waals surface area contributed by atoms with E-state index in [-0.39, 0.29) is 0 Å². The highest BCUT2D eigenvalue weighted by Crippen LogP contribution is 2.25. The van der Waals surface area contributed by atoms with E-state index in [4.69, 9.17) is 5.73 Å². The van der Waals surface area contributed by atoms with Crippen molar-refractivity contribution >= 4 is 11.8 Å². The molecule has 0 spiro atoms. The number of aryl methyl sites for hydroxylation is 1. The largest absolute Gasteiger partial charge is 0.327 e. The maximum Gasteiger partial charge on any atom is 0.0101 e. The summed E-state index contributed by atoms with van der Waals surface area (Å²) in [5, 5.41) is 0. The molecule has 0 heterocycles. The third kappa shape index (κ3) is 5.45. The zero-order valence-corrected chi connectivity index (χ0v) is 13.0. The molecule has 0 fully saturated rings. The van der Waals surface area contributed by atoms with Gasteiger partial charge in [-0.3, -0.25) is 0 Å². The molecule has 0 aromatic heterocycles. The van der Waals surface area contributed by atoms with Crippen molar-refractivity contribution in [3.63, 3.8) is 0 Å². The fourth-order valence-corrected chi connectivity index (χ4v) is 3.11. The molecule has 1 aromatic carbocycles. The van der Waals surface area contributed by atoms with Crippen LogP contribution < -0.4 is 5.73 Å². The highest BCUT2D eigenvalue weighted by atomic mass is 32.2. The lowest BCUT2D eigenvalue weighted by Crippen LogP contribution is -2.21. The van der Waals surface area contributed by atoms with E-state index in [1.807, 2.05) is 11.8 Å². The lowest BCUT2D eigenvalue weighted by molar-refractivity contribution is 0.632. The first-order valence-corrected chi connectivity index (χ1v) is 7.99. The van der Waals surface area contributed by atoms with Gasteiger partial charge in [0.25, 0.3) is 0 Å². The SMILES string of the molecule is CCC(N)Cc1ccc(SCCC(C)C)c(C)c1. The first kappa shape index (κ1) is 15.6. The van der Waals surface area contributed by atoms with Crippen molar-refractivity contribution in [1.29, 1.82) is 0 Å². The molecule has 1 atom stereocenters. The smallest absolute Gasteiger partial charge is 0.0101 e. The Morgan fingerprint density at radius 1 is 1.28 bits per heavy atom. The van der Waals surface area contributed by atoms with Crippen LogP contribution in [0.5, 0.6) is 0 Å². The molecule has 1 nitrogen and oxygen atoms in total. The Morgan fingerprint density at radius 2 is 2.00 bits per heavy atom. The molecular weight excluding hydrogens is 238 g/mol. The number of benzene rings is 1. The lowest BCUT2D eigenvalue weighted by atomic mass is 10.0. The summed E-state index contributed by atoms with van der Waals surface area (Å²) >= 11 is 1.98. The minimum Gasteiger partial charge on any atom is -0.327 e. The van der Waals surface area contributed by atoms with Gasteiger partial charge < -0.3 is 5.73 Å². The molecule has 0 aliphatic carbocycles. The van der Waals surface area contributed by atoms with Gasteiger partial charge in [0.1, 0.15) is 0 Å². The Balaban J connectivity index is 2.56. The molecule has 2 N–H and O–H groups in total. The molecule has 1 unspecified atom stereocenters. The van der Waals surface area contributed by atoms with Crippen molar-refractivity contribution in [2.24, 2.45) is 11.7 Å². The van der Waals surface area contributed by atoms with Crippen molar-refractivity contribution in [3.8, 4) is 0 Å². The van der Waals surface area contributed by atoms with Crippen LogP contribution in [-0.2, 0) is 6.42 Å². The quantitative estimate of drug-likeness (QED) is 0.739. The molecule has 0 aliphatic heterocycles. The lowest BCUT2D eigenvalue weighted by Gasteiger charge is -2.12. The van der Waals surface area contributed by atoms with E-state index in [9.17, 15) is 0 Å². The van der Waals surface area contributed by atoms with Crippen LogP contribution >= 0.6 is 11.8 Å². The molecule has 0 saturated carbocycles. The van der Waals surface area contributed by atoms with Crippen molar-refractivity contribution in [2.45, 2.75) is 57.9 Å². The van der Waals surface area contributed by atoms with E-state index >= 15 is 0 Å². The Morgan fingerprint density at radius 3 is 2.56 bits per heavy atom. The molecule has 102 valence electrons. The summed E-state index contributed by atoms with van der Waals surface area (Å²) in [5.74, 6) is 2.01. The number of rotatable bonds is 7. The summed E-state index contributed by atoms with van der Waals surface area (Å²) < 4.78 is 0. The predicted molar refractivity (Wildman–Crippen MR) is 83.3 cm³/mol. The van der Waals surface area contributed by atoms with Gasteiger partial charge in [-0.05, 0) is 55.1 Å². The fourth-order valence-electron chi connectivity index (χ4n) is 1.85. The van der Waals surface area contributed by atoms with Crippen LogP contribution in [-0.4, -0.2) is 11.8 Å². The van der Waals surface area contributed by atoms with Crippen LogP contribution in [0, 0.1) is 12.8 Å². The maximum absolute atomic E-state index is 6.00. The van der Waals surface area contributed by atoms with Crippen LogP contribution in [0.2, 0.25) is 0 Å². The Bertz CT molecular complexity index is 360. The molecule has 0 bridgehead atoms. The normalized spacial score (nSPS) is 13.0. The van der Waals surface area contributed by atoms with E-state index in [2.05, 4.69) is 45.9 Å². The van der Waals surface area contributed by atoms with E-state index in [1.54, 1.807) is 0 Å². The van der Waals surface area contributed by atoms with Crippen LogP contribution in [0.25, 0.3) is 0 Å². The van der Waals surface area contributed by atoms with Crippen LogP contribution in [0.4, 0.5) is 0 Å². The van der Waals surface area contributed by atoms with Gasteiger partial charge in [0.05, 0.1) is 0 Å². The molecule has 18 heavy (non-hydrogen) atoms. The van der Waals surface area contributed by atoms with Crippen molar-refractivity contribution in [2.75, 3.05) is 5.75 Å². The molecule has 1 aromatic rings. The fraction of sp³-hybridized carbons (Fsp3) is 0.625. The van der Waals surface area contributed by atoms with E-state index in [1.165, 1.54) is 28.2 Å². The second kappa shape index (κ2) is 7.85. The summed E-state index contributed by atoms with van der Waals surface area (Å²) in [6, 6.07) is 7.09. The zero-order valence-electron chi connectivity index (χ0n) is 12.2. The predicted octanol–water partition coefficient (Wildman–Crippen LogP) is 4.41. The standard InChI is InChI=1S/C16H27NS/c1-5-15(17)11-14-6-7-16(13(4)10-14)18-9-8-12(2)3/h6-7,10,12,15H,5,8-9,11,17H2,1-4H3. The molecule has 0 aliphatic rings. The topological polar surface area (TPSA) is 26.0 Å². The first-order valence-electron chi connectivity index (χ1n) is 7.00. The van der Waals surface area contributed by atoms with Crippen molar-refractivity contribution in [3.05, 3.63) is 29.3 Å². The van der Waals surface area contributed by atoms with Gasteiger partial charge in [-0.1, -0.05) is 32.9 Å². The van der Waals surface area contributed by atoms with E-state index < -0.39 is 0 Å². The molecular formula is C16H27NS. The minimum absolute atomic E-state index is 0.295. The zero-order chi connectivity index (χ0) is 13.5. The van der Waals surface area contributed by atoms with Crippen LogP contribution in [0.3, 0.4) is 0 Å². The molecule has 0 amide bonds. The summed E-state index contributed by atoms with van der Waals surface area (Å²) in [7, 11) is 0. The Hall–Kier alpha value is -0.470. The van der Waals surface area contributed by atoms with Crippen LogP contribution in [0.15, 0.2) is 23.1 Å². The number of thioether (sulfide) groups is 1. The molecule has 0 saturated heterocycles. The highest BCUT2D eigenvalue weighted by molar-refractivity contribution is 7.99. The number of nitrogens with two attached hydrogens (primary N) is 1. The third-order valence-electron chi connectivity index (χ3n) is 3.21. The number of hydrogen-bond acceptors (Lipinski definition) is 2.